The van der Waals surface area contributed by atoms with Gasteiger partial charge in [0.2, 0.25) is 0 Å². The van der Waals surface area contributed by atoms with Crippen LogP contribution in [0.1, 0.15) is 46.5 Å². The van der Waals surface area contributed by atoms with Crippen LogP contribution < -0.4 is 14.8 Å². The third-order valence-corrected chi connectivity index (χ3v) is 9.24. The molecule has 0 spiro atoms. The minimum atomic E-state index is -0.670. The average molecular weight is 647 g/mol. The number of hydrogen-bond acceptors (Lipinski definition) is 8. The van der Waals surface area contributed by atoms with Crippen molar-refractivity contribution in [2.24, 2.45) is 11.8 Å². The van der Waals surface area contributed by atoms with Crippen LogP contribution in [0.4, 0.5) is 20.7 Å². The third-order valence-electron chi connectivity index (χ3n) is 8.46. The van der Waals surface area contributed by atoms with Crippen molar-refractivity contribution in [3.05, 3.63) is 46.5 Å². The summed E-state index contributed by atoms with van der Waals surface area (Å²) in [6, 6.07) is 6.74. The van der Waals surface area contributed by atoms with Gasteiger partial charge in [-0.25, -0.2) is 19.2 Å². The Morgan fingerprint density at radius 3 is 2.55 bits per heavy atom. The molecule has 3 atom stereocenters. The summed E-state index contributed by atoms with van der Waals surface area (Å²) < 4.78 is 33.5. The maximum absolute atomic E-state index is 14.9. The molecule has 4 aliphatic rings. The SMILES string of the molecule is CC(C)(C)OC(=O)N1C[C@H]2C[C@@H](C1)C2Oc1cc2c(Nc3ccc(Cl)c(Cl)c3F)ncnc2cc1OCCN1CCCCC1. The van der Waals surface area contributed by atoms with Crippen LogP contribution in [0, 0.1) is 17.7 Å². The van der Waals surface area contributed by atoms with Crippen LogP contribution in [0.3, 0.4) is 0 Å². The van der Waals surface area contributed by atoms with Crippen LogP contribution in [0.5, 0.6) is 11.5 Å². The first-order valence-corrected chi connectivity index (χ1v) is 16.0. The zero-order chi connectivity index (χ0) is 31.0. The van der Waals surface area contributed by atoms with E-state index in [1.165, 1.54) is 37.7 Å². The van der Waals surface area contributed by atoms with Gasteiger partial charge < -0.3 is 24.4 Å². The number of benzene rings is 2. The van der Waals surface area contributed by atoms with Crippen molar-refractivity contribution in [3.8, 4) is 11.5 Å². The van der Waals surface area contributed by atoms with Gasteiger partial charge in [0.05, 0.1) is 21.2 Å². The molecule has 2 bridgehead atoms. The van der Waals surface area contributed by atoms with Crippen molar-refractivity contribution >= 4 is 51.7 Å². The predicted octanol–water partition coefficient (Wildman–Crippen LogP) is 7.32. The van der Waals surface area contributed by atoms with E-state index in [0.717, 1.165) is 26.1 Å². The first kappa shape index (κ1) is 30.9. The smallest absolute Gasteiger partial charge is 0.410 e. The van der Waals surface area contributed by atoms with E-state index in [4.69, 9.17) is 37.4 Å². The quantitative estimate of drug-likeness (QED) is 0.255. The zero-order valence-corrected chi connectivity index (χ0v) is 26.8. The summed E-state index contributed by atoms with van der Waals surface area (Å²) in [5.41, 5.74) is 0.210. The summed E-state index contributed by atoms with van der Waals surface area (Å²) in [5, 5.41) is 3.64. The van der Waals surface area contributed by atoms with E-state index in [1.54, 1.807) is 4.90 Å². The summed E-state index contributed by atoms with van der Waals surface area (Å²) in [6.07, 6.45) is 5.72. The number of amides is 1. The molecule has 3 saturated heterocycles. The Labute approximate surface area is 267 Å². The standard InChI is InChI=1S/C32H38Cl2FN5O4/c1-32(2,3)44-31(41)40-16-19-13-20(17-40)29(19)43-26-14-21-24(15-25(26)42-12-11-39-9-5-4-6-10-39)36-18-37-30(21)38-23-8-7-22(33)27(34)28(23)35/h7-8,14-15,18-20,29H,4-6,9-13,16-17H2,1-3H3,(H,36,37,38)/t19-,20+,29?. The lowest BCUT2D eigenvalue weighted by atomic mass is 9.68. The van der Waals surface area contributed by atoms with E-state index in [-0.39, 0.29) is 39.8 Å². The van der Waals surface area contributed by atoms with Crippen molar-refractivity contribution in [1.29, 1.82) is 0 Å². The number of likely N-dealkylation sites (tertiary alicyclic amines) is 1. The second-order valence-corrected chi connectivity index (χ2v) is 13.6. The van der Waals surface area contributed by atoms with Gasteiger partial charge in [0.15, 0.2) is 17.3 Å². The van der Waals surface area contributed by atoms with E-state index >= 15 is 0 Å². The number of nitrogens with one attached hydrogen (secondary N) is 1. The van der Waals surface area contributed by atoms with Gasteiger partial charge in [-0.05, 0) is 71.3 Å². The fourth-order valence-electron chi connectivity index (χ4n) is 6.24. The monoisotopic (exact) mass is 645 g/mol. The second kappa shape index (κ2) is 12.7. The Morgan fingerprint density at radius 2 is 1.82 bits per heavy atom. The highest BCUT2D eigenvalue weighted by Crippen LogP contribution is 2.45. The summed E-state index contributed by atoms with van der Waals surface area (Å²) in [4.78, 5) is 25.8. The minimum Gasteiger partial charge on any atom is -0.488 e. The van der Waals surface area contributed by atoms with Crippen LogP contribution in [-0.2, 0) is 4.74 Å². The topological polar surface area (TPSA) is 89.0 Å². The van der Waals surface area contributed by atoms with Crippen molar-refractivity contribution in [1.82, 2.24) is 19.8 Å². The molecule has 1 amide bonds. The Bertz CT molecular complexity index is 1520. The fraction of sp³-hybridized carbons (Fsp3) is 0.531. The highest BCUT2D eigenvalue weighted by molar-refractivity contribution is 6.42. The molecule has 44 heavy (non-hydrogen) atoms. The summed E-state index contributed by atoms with van der Waals surface area (Å²) >= 11 is 12.0. The molecular weight excluding hydrogens is 608 g/mol. The van der Waals surface area contributed by atoms with E-state index in [0.29, 0.717) is 47.9 Å². The largest absolute Gasteiger partial charge is 0.488 e. The molecule has 4 fully saturated rings. The second-order valence-electron chi connectivity index (χ2n) is 12.9. The summed E-state index contributed by atoms with van der Waals surface area (Å²) in [5.74, 6) is 1.22. The van der Waals surface area contributed by atoms with E-state index in [9.17, 15) is 9.18 Å². The van der Waals surface area contributed by atoms with E-state index in [1.807, 2.05) is 32.9 Å². The first-order valence-electron chi connectivity index (χ1n) is 15.2. The molecule has 1 N–H and O–H groups in total. The fourth-order valence-corrected chi connectivity index (χ4v) is 6.56. The van der Waals surface area contributed by atoms with Crippen molar-refractivity contribution < 1.29 is 23.4 Å². The number of halogens is 3. The molecule has 2 aromatic carbocycles. The first-order chi connectivity index (χ1) is 21.1. The molecule has 1 aliphatic carbocycles. The highest BCUT2D eigenvalue weighted by Gasteiger charge is 2.50. The van der Waals surface area contributed by atoms with Gasteiger partial charge in [-0.15, -0.1) is 0 Å². The molecule has 1 unspecified atom stereocenters. The molecule has 1 saturated carbocycles. The minimum absolute atomic E-state index is 0.0795. The van der Waals surface area contributed by atoms with Crippen LogP contribution in [0.25, 0.3) is 10.9 Å². The normalized spacial score (nSPS) is 22.0. The molecule has 3 aromatic rings. The Balaban J connectivity index is 1.25. The number of fused-ring (bicyclic) bond motifs is 3. The average Bonchev–Trinajstić information content (AvgIpc) is 3.00. The van der Waals surface area contributed by atoms with Crippen LogP contribution >= 0.6 is 23.2 Å². The van der Waals surface area contributed by atoms with Gasteiger partial charge in [-0.2, -0.15) is 0 Å². The molecule has 236 valence electrons. The van der Waals surface area contributed by atoms with Gasteiger partial charge in [-0.3, -0.25) is 4.90 Å². The molecule has 1 aromatic heterocycles. The van der Waals surface area contributed by atoms with Crippen molar-refractivity contribution in [3.63, 3.8) is 0 Å². The van der Waals surface area contributed by atoms with Crippen LogP contribution in [-0.4, -0.2) is 76.9 Å². The zero-order valence-electron chi connectivity index (χ0n) is 25.2. The molecule has 9 nitrogen and oxygen atoms in total. The lowest BCUT2D eigenvalue weighted by Crippen LogP contribution is -2.62. The number of ether oxygens (including phenoxy) is 3. The van der Waals surface area contributed by atoms with Gasteiger partial charge >= 0.3 is 6.09 Å². The molecule has 12 heteroatoms. The third kappa shape index (κ3) is 6.77. The number of rotatable bonds is 8. The number of carbonyl (C=O) groups excluding carboxylic acids is 1. The lowest BCUT2D eigenvalue weighted by Gasteiger charge is -2.52. The van der Waals surface area contributed by atoms with E-state index < -0.39 is 11.4 Å². The molecule has 3 aliphatic heterocycles. The van der Waals surface area contributed by atoms with Crippen LogP contribution in [0.15, 0.2) is 30.6 Å². The number of nitrogens with zero attached hydrogens (tertiary/aromatic N) is 4. The van der Waals surface area contributed by atoms with Gasteiger partial charge in [-0.1, -0.05) is 29.6 Å². The maximum Gasteiger partial charge on any atom is 0.410 e. The molecule has 7 rings (SSSR count). The van der Waals surface area contributed by atoms with Crippen molar-refractivity contribution in [2.75, 3.05) is 44.6 Å². The molecule has 4 heterocycles. The predicted molar refractivity (Wildman–Crippen MR) is 169 cm³/mol. The maximum atomic E-state index is 14.9. The molecule has 0 radical (unpaired) electrons. The lowest BCUT2D eigenvalue weighted by molar-refractivity contribution is -0.0935. The number of anilines is 2. The summed E-state index contributed by atoms with van der Waals surface area (Å²) in [7, 11) is 0. The van der Waals surface area contributed by atoms with Gasteiger partial charge in [0.25, 0.3) is 0 Å². The Morgan fingerprint density at radius 1 is 1.07 bits per heavy atom. The van der Waals surface area contributed by atoms with Crippen molar-refractivity contribution in [2.45, 2.75) is 58.2 Å². The highest BCUT2D eigenvalue weighted by atomic mass is 35.5. The Hall–Kier alpha value is -3.08. The number of hydrogen-bond donors (Lipinski definition) is 1. The molecular formula is C32H38Cl2FN5O4. The van der Waals surface area contributed by atoms with Gasteiger partial charge in [0.1, 0.15) is 30.5 Å². The van der Waals surface area contributed by atoms with E-state index in [2.05, 4.69) is 20.2 Å². The number of aromatic nitrogens is 2. The number of piperidine rings is 3. The number of carbonyl (C=O) groups is 1. The summed E-state index contributed by atoms with van der Waals surface area (Å²) in [6.45, 7) is 10.3. The van der Waals surface area contributed by atoms with Gasteiger partial charge in [0, 0.05) is 42.9 Å². The Kier molecular flexibility index (Phi) is 8.95. The van der Waals surface area contributed by atoms with Crippen LogP contribution in [0.2, 0.25) is 10.0 Å².